The van der Waals surface area contributed by atoms with E-state index >= 15 is 0 Å². The van der Waals surface area contributed by atoms with E-state index in [0.717, 1.165) is 0 Å². The summed E-state index contributed by atoms with van der Waals surface area (Å²) in [6.07, 6.45) is 0. The monoisotopic (exact) mass is 682 g/mol. The van der Waals surface area contributed by atoms with Crippen LogP contribution >= 0.6 is 0 Å². The Morgan fingerprint density at radius 1 is 0.462 bits per heavy atom. The maximum absolute atomic E-state index is 9.07. The Morgan fingerprint density at radius 3 is 1.29 bits per heavy atom. The number of nitrogens with zero attached hydrogens (tertiary/aromatic N) is 6. The molecule has 0 saturated heterocycles. The molecule has 52 heavy (non-hydrogen) atoms. The van der Waals surface area contributed by atoms with Crippen molar-refractivity contribution in [3.05, 3.63) is 181 Å². The van der Waals surface area contributed by atoms with Gasteiger partial charge in [0.1, 0.15) is 0 Å². The molecule has 0 atom stereocenters. The first-order valence-corrected chi connectivity index (χ1v) is 15.7. The lowest BCUT2D eigenvalue weighted by atomic mass is 10.1. The van der Waals surface area contributed by atoms with Crippen molar-refractivity contribution < 1.29 is 24.7 Å². The van der Waals surface area contributed by atoms with Crippen LogP contribution in [0.25, 0.3) is 94.0 Å². The fourth-order valence-corrected chi connectivity index (χ4v) is 6.45. The Kier molecular flexibility index (Phi) is 3.79. The summed E-state index contributed by atoms with van der Waals surface area (Å²) in [5.41, 5.74) is -0.727. The highest BCUT2D eigenvalue weighted by molar-refractivity contribution is 6.11. The van der Waals surface area contributed by atoms with Crippen LogP contribution in [0.15, 0.2) is 169 Å². The number of hydrogen-bond donors (Lipinski definition) is 0. The zero-order valence-electron chi connectivity index (χ0n) is 44.5. The summed E-state index contributed by atoms with van der Waals surface area (Å²) < 4.78 is 160. The van der Waals surface area contributed by atoms with E-state index in [9.17, 15) is 0 Å². The number of benzene rings is 7. The molecule has 0 radical (unpaired) electrons. The van der Waals surface area contributed by atoms with Gasteiger partial charge in [0.25, 0.3) is 0 Å². The van der Waals surface area contributed by atoms with Gasteiger partial charge in [-0.15, -0.1) is 0 Å². The molecule has 242 valence electrons. The van der Waals surface area contributed by atoms with Crippen LogP contribution in [0, 0.1) is 6.57 Å². The maximum atomic E-state index is 9.07. The van der Waals surface area contributed by atoms with Gasteiger partial charge in [-0.25, -0.2) is 19.8 Å². The van der Waals surface area contributed by atoms with Crippen LogP contribution in [-0.4, -0.2) is 24.1 Å². The molecule has 0 amide bonds. The van der Waals surface area contributed by atoms with E-state index in [4.69, 9.17) is 31.2 Å². The molecule has 0 bridgehead atoms. The molecule has 10 rings (SSSR count). The van der Waals surface area contributed by atoms with Crippen molar-refractivity contribution in [3.8, 4) is 45.5 Å². The van der Waals surface area contributed by atoms with Gasteiger partial charge in [-0.05, 0) is 36.4 Å². The summed E-state index contributed by atoms with van der Waals surface area (Å²) >= 11 is 0. The van der Waals surface area contributed by atoms with Crippen molar-refractivity contribution in [2.75, 3.05) is 0 Å². The van der Waals surface area contributed by atoms with Crippen LogP contribution < -0.4 is 0 Å². The van der Waals surface area contributed by atoms with E-state index in [-0.39, 0.29) is 115 Å². The molecule has 6 nitrogen and oxygen atoms in total. The first-order valence-electron chi connectivity index (χ1n) is 24.7. The molecular formula is C46H28N6. The van der Waals surface area contributed by atoms with Gasteiger partial charge in [-0.3, -0.25) is 0 Å². The van der Waals surface area contributed by atoms with Crippen LogP contribution in [0.3, 0.4) is 0 Å². The minimum Gasteiger partial charge on any atom is -0.319 e. The van der Waals surface area contributed by atoms with Crippen LogP contribution in [-0.2, 0) is 0 Å². The molecule has 0 saturated carbocycles. The molecular weight excluding hydrogens is 637 g/mol. The van der Waals surface area contributed by atoms with Crippen LogP contribution in [0.4, 0.5) is 5.69 Å². The van der Waals surface area contributed by atoms with E-state index in [1.807, 2.05) is 0 Å². The fourth-order valence-electron chi connectivity index (χ4n) is 6.45. The summed E-state index contributed by atoms with van der Waals surface area (Å²) in [7, 11) is 0. The second-order valence-electron chi connectivity index (χ2n) is 11.4. The quantitative estimate of drug-likeness (QED) is 0.170. The predicted molar refractivity (Wildman–Crippen MR) is 211 cm³/mol. The van der Waals surface area contributed by atoms with Gasteiger partial charge in [0.2, 0.25) is 5.69 Å². The van der Waals surface area contributed by atoms with E-state index < -0.39 is 89.0 Å². The normalized spacial score (nSPS) is 16.3. The van der Waals surface area contributed by atoms with Crippen LogP contribution in [0.2, 0.25) is 0 Å². The Labute approximate surface area is 324 Å². The van der Waals surface area contributed by atoms with E-state index in [1.165, 1.54) is 69.8 Å². The zero-order chi connectivity index (χ0) is 50.3. The maximum Gasteiger partial charge on any atom is 0.211 e. The van der Waals surface area contributed by atoms with Crippen LogP contribution in [0.1, 0.15) is 24.7 Å². The van der Waals surface area contributed by atoms with Gasteiger partial charge in [-0.1, -0.05) is 133 Å². The summed E-state index contributed by atoms with van der Waals surface area (Å²) in [4.78, 5) is 17.6. The highest BCUT2D eigenvalue weighted by Crippen LogP contribution is 2.42. The molecule has 0 aliphatic carbocycles. The Bertz CT molecular complexity index is 3810. The van der Waals surface area contributed by atoms with Crippen molar-refractivity contribution in [1.29, 1.82) is 0 Å². The Morgan fingerprint density at radius 2 is 0.865 bits per heavy atom. The highest BCUT2D eigenvalue weighted by Gasteiger charge is 2.23. The number of hydrogen-bond acceptors (Lipinski definition) is 3. The second kappa shape index (κ2) is 11.9. The minimum absolute atomic E-state index is 0.0149. The average Bonchev–Trinajstić information content (AvgIpc) is 3.81. The SMILES string of the molecule is [2H]c1cc([2H])c2c3c([2H])cc([2H])cc3n(-c3cc(-n4c5cc([2H])cc([2H])c5c5c([2H])cc([2H])cc54)c(-c4nc(-c5c([2H])c([2H])c([2H])c([2H])c5[2H])nc(-c5c([2H])c([2H])c([2H])c([2H])c5[2H])n4)cc3[N+]#[C-])c2c1. The molecule has 0 aliphatic heterocycles. The van der Waals surface area contributed by atoms with E-state index in [2.05, 4.69) is 19.8 Å². The Hall–Kier alpha value is -7.36. The van der Waals surface area contributed by atoms with Crippen molar-refractivity contribution in [1.82, 2.24) is 24.1 Å². The molecule has 0 aliphatic rings. The molecule has 0 fully saturated rings. The topological polar surface area (TPSA) is 52.9 Å². The standard InChI is InChI=1S/C46H28N6/c1-47-37-28-36(46-49-44(30-16-4-2-5-17-30)48-45(50-46)31-18-6-3-7-19-31)42(51-38-24-12-8-20-32(38)33-21-9-13-25-39(33)51)29-43(37)52-40-26-14-10-22-34(40)35-23-11-15-27-41(35)52/h2-29H/i2D,3D,4D,5D,6D,7D,12D,13D,14D,15D,16D,17D,18D,19D,20D,21D,22D,23D. The summed E-state index contributed by atoms with van der Waals surface area (Å²) in [5.74, 6) is -1.66. The third kappa shape index (κ3) is 4.61. The minimum atomic E-state index is -0.771. The lowest BCUT2D eigenvalue weighted by molar-refractivity contribution is 1.06. The smallest absolute Gasteiger partial charge is 0.211 e. The largest absolute Gasteiger partial charge is 0.319 e. The van der Waals surface area contributed by atoms with Crippen molar-refractivity contribution in [3.63, 3.8) is 0 Å². The zero-order valence-corrected chi connectivity index (χ0v) is 26.5. The molecule has 7 aromatic carbocycles. The lowest BCUT2D eigenvalue weighted by Gasteiger charge is -2.19. The molecule has 6 heteroatoms. The first kappa shape index (κ1) is 16.6. The van der Waals surface area contributed by atoms with Crippen molar-refractivity contribution in [2.24, 2.45) is 0 Å². The predicted octanol–water partition coefficient (Wildman–Crippen LogP) is 11.6. The number of fused-ring (bicyclic) bond motifs is 6. The third-order valence-electron chi connectivity index (χ3n) is 8.59. The summed E-state index contributed by atoms with van der Waals surface area (Å²) in [6, 6.07) is 4.91. The second-order valence-corrected chi connectivity index (χ2v) is 11.4. The summed E-state index contributed by atoms with van der Waals surface area (Å²) in [6.45, 7) is 8.64. The van der Waals surface area contributed by atoms with Gasteiger partial charge in [0.15, 0.2) is 17.5 Å². The number of para-hydroxylation sites is 4. The van der Waals surface area contributed by atoms with Crippen LogP contribution in [0.5, 0.6) is 0 Å². The molecule has 3 aromatic heterocycles. The molecule has 10 aromatic rings. The molecule has 0 unspecified atom stereocenters. The van der Waals surface area contributed by atoms with E-state index in [0.29, 0.717) is 0 Å². The van der Waals surface area contributed by atoms with E-state index in [1.54, 1.807) is 0 Å². The fraction of sp³-hybridized carbons (Fsp3) is 0. The number of rotatable bonds is 5. The molecule has 0 N–H and O–H groups in total. The molecule has 3 heterocycles. The lowest BCUT2D eigenvalue weighted by Crippen LogP contribution is -2.05. The van der Waals surface area contributed by atoms with Gasteiger partial charge in [-0.2, -0.15) is 0 Å². The summed E-state index contributed by atoms with van der Waals surface area (Å²) in [5, 5.41) is 0.822. The third-order valence-corrected chi connectivity index (χ3v) is 8.59. The molecule has 0 spiro atoms. The van der Waals surface area contributed by atoms with Gasteiger partial charge >= 0.3 is 0 Å². The Balaban J connectivity index is 1.45. The average molecular weight is 683 g/mol. The van der Waals surface area contributed by atoms with Crippen molar-refractivity contribution in [2.45, 2.75) is 0 Å². The highest BCUT2D eigenvalue weighted by atomic mass is 15.1. The van der Waals surface area contributed by atoms with Gasteiger partial charge in [0.05, 0.1) is 64.7 Å². The van der Waals surface area contributed by atoms with Gasteiger partial charge in [0, 0.05) is 38.2 Å². The number of aromatic nitrogens is 5. The first-order chi connectivity index (χ1) is 33.1. The van der Waals surface area contributed by atoms with Gasteiger partial charge < -0.3 is 9.13 Å². The van der Waals surface area contributed by atoms with Crippen molar-refractivity contribution >= 4 is 49.3 Å².